The van der Waals surface area contributed by atoms with Gasteiger partial charge in [0.25, 0.3) is 5.91 Å². The molecule has 0 saturated heterocycles. The van der Waals surface area contributed by atoms with E-state index in [1.165, 1.54) is 0 Å². The van der Waals surface area contributed by atoms with Crippen LogP contribution in [0.1, 0.15) is 44.7 Å². The third-order valence-electron chi connectivity index (χ3n) is 5.09. The van der Waals surface area contributed by atoms with E-state index in [9.17, 15) is 9.59 Å². The molecule has 156 valence electrons. The van der Waals surface area contributed by atoms with Gasteiger partial charge in [-0.3, -0.25) is 9.59 Å². The maximum atomic E-state index is 13.1. The van der Waals surface area contributed by atoms with Crippen molar-refractivity contribution in [2.75, 3.05) is 6.61 Å². The minimum absolute atomic E-state index is 0.0625. The molecule has 0 aliphatic carbocycles. The number of nitrogens with one attached hydrogen (secondary N) is 1. The molecular weight excluding hydrogens is 364 g/mol. The molecule has 5 heteroatoms. The van der Waals surface area contributed by atoms with Gasteiger partial charge in [0.05, 0.1) is 0 Å². The Morgan fingerprint density at radius 2 is 1.66 bits per heavy atom. The van der Waals surface area contributed by atoms with E-state index in [0.717, 1.165) is 17.5 Å². The molecule has 1 N–H and O–H groups in total. The second-order valence-corrected chi connectivity index (χ2v) is 7.29. The van der Waals surface area contributed by atoms with Gasteiger partial charge in [-0.1, -0.05) is 56.3 Å². The van der Waals surface area contributed by atoms with Crippen LogP contribution in [0, 0.1) is 6.92 Å². The Kier molecular flexibility index (Phi) is 8.71. The Bertz CT molecular complexity index is 792. The van der Waals surface area contributed by atoms with Crippen LogP contribution in [-0.2, 0) is 16.1 Å². The number of para-hydroxylation sites is 1. The standard InChI is InChI=1S/C24H32N2O3/c1-5-19(4)25-24(28)22(6-2)26(16-20-13-11-10-12-18(20)3)23(27)17-29-21-14-8-7-9-15-21/h7-15,19,22H,5-6,16-17H2,1-4H3,(H,25,28)/t19-,22+/m0/s1. The number of carbonyl (C=O) groups is 2. The SMILES string of the molecule is CC[C@H](C(=O)N[C@@H](C)CC)N(Cc1ccccc1C)C(=O)COc1ccccc1. The van der Waals surface area contributed by atoms with Crippen LogP contribution in [0.2, 0.25) is 0 Å². The van der Waals surface area contributed by atoms with Crippen LogP contribution in [0.5, 0.6) is 5.75 Å². The average Bonchev–Trinajstić information content (AvgIpc) is 2.73. The van der Waals surface area contributed by atoms with E-state index >= 15 is 0 Å². The van der Waals surface area contributed by atoms with Gasteiger partial charge in [-0.15, -0.1) is 0 Å². The molecule has 0 unspecified atom stereocenters. The third-order valence-corrected chi connectivity index (χ3v) is 5.09. The summed E-state index contributed by atoms with van der Waals surface area (Å²) >= 11 is 0. The van der Waals surface area contributed by atoms with Gasteiger partial charge in [0.15, 0.2) is 6.61 Å². The molecule has 0 aliphatic rings. The summed E-state index contributed by atoms with van der Waals surface area (Å²) in [5, 5.41) is 3.02. The third kappa shape index (κ3) is 6.63. The Hall–Kier alpha value is -2.82. The fraction of sp³-hybridized carbons (Fsp3) is 0.417. The predicted octanol–water partition coefficient (Wildman–Crippen LogP) is 4.10. The first kappa shape index (κ1) is 22.5. The second-order valence-electron chi connectivity index (χ2n) is 7.29. The zero-order chi connectivity index (χ0) is 21.2. The molecule has 2 aromatic rings. The monoisotopic (exact) mass is 396 g/mol. The quantitative estimate of drug-likeness (QED) is 0.658. The van der Waals surface area contributed by atoms with Crippen LogP contribution in [0.3, 0.4) is 0 Å². The first-order valence-electron chi connectivity index (χ1n) is 10.3. The summed E-state index contributed by atoms with van der Waals surface area (Å²) in [5.41, 5.74) is 2.11. The Balaban J connectivity index is 2.22. The summed E-state index contributed by atoms with van der Waals surface area (Å²) in [5.74, 6) is 0.306. The zero-order valence-electron chi connectivity index (χ0n) is 17.9. The lowest BCUT2D eigenvalue weighted by Crippen LogP contribution is -2.51. The number of nitrogens with zero attached hydrogens (tertiary/aromatic N) is 1. The van der Waals surface area contributed by atoms with Gasteiger partial charge in [-0.05, 0) is 49.9 Å². The highest BCUT2D eigenvalue weighted by atomic mass is 16.5. The van der Waals surface area contributed by atoms with Crippen LogP contribution >= 0.6 is 0 Å². The van der Waals surface area contributed by atoms with E-state index < -0.39 is 6.04 Å². The molecule has 0 aromatic heterocycles. The van der Waals surface area contributed by atoms with Gasteiger partial charge in [0.2, 0.25) is 5.91 Å². The highest BCUT2D eigenvalue weighted by Gasteiger charge is 2.29. The van der Waals surface area contributed by atoms with Crippen molar-refractivity contribution >= 4 is 11.8 Å². The van der Waals surface area contributed by atoms with E-state index in [1.54, 1.807) is 4.90 Å². The van der Waals surface area contributed by atoms with Crippen molar-refractivity contribution < 1.29 is 14.3 Å². The molecule has 0 saturated carbocycles. The highest BCUT2D eigenvalue weighted by Crippen LogP contribution is 2.17. The number of hydrogen-bond acceptors (Lipinski definition) is 3. The number of carbonyl (C=O) groups excluding carboxylic acids is 2. The predicted molar refractivity (Wildman–Crippen MR) is 116 cm³/mol. The van der Waals surface area contributed by atoms with E-state index in [4.69, 9.17) is 4.74 Å². The van der Waals surface area contributed by atoms with Gasteiger partial charge >= 0.3 is 0 Å². The van der Waals surface area contributed by atoms with Crippen LogP contribution in [0.15, 0.2) is 54.6 Å². The average molecular weight is 397 g/mol. The molecule has 0 bridgehead atoms. The first-order valence-corrected chi connectivity index (χ1v) is 10.3. The molecular formula is C24H32N2O3. The van der Waals surface area contributed by atoms with Crippen LogP contribution < -0.4 is 10.1 Å². The van der Waals surface area contributed by atoms with Crippen LogP contribution in [0.25, 0.3) is 0 Å². The van der Waals surface area contributed by atoms with E-state index in [0.29, 0.717) is 18.7 Å². The minimum atomic E-state index is -0.546. The molecule has 2 atom stereocenters. The molecule has 0 radical (unpaired) electrons. The number of hydrogen-bond donors (Lipinski definition) is 1. The Morgan fingerprint density at radius 3 is 2.28 bits per heavy atom. The molecule has 0 fully saturated rings. The highest BCUT2D eigenvalue weighted by molar-refractivity contribution is 5.88. The smallest absolute Gasteiger partial charge is 0.261 e. The topological polar surface area (TPSA) is 58.6 Å². The lowest BCUT2D eigenvalue weighted by Gasteiger charge is -2.31. The van der Waals surface area contributed by atoms with Crippen LogP contribution in [-0.4, -0.2) is 35.4 Å². The number of benzene rings is 2. The van der Waals surface area contributed by atoms with Gasteiger partial charge in [0.1, 0.15) is 11.8 Å². The normalized spacial score (nSPS) is 12.7. The number of rotatable bonds is 10. The van der Waals surface area contributed by atoms with Crippen LogP contribution in [0.4, 0.5) is 0 Å². The summed E-state index contributed by atoms with van der Waals surface area (Å²) in [6, 6.07) is 16.7. The molecule has 2 amide bonds. The fourth-order valence-corrected chi connectivity index (χ4v) is 3.08. The van der Waals surface area contributed by atoms with Crippen molar-refractivity contribution in [3.63, 3.8) is 0 Å². The van der Waals surface area contributed by atoms with E-state index in [1.807, 2.05) is 82.3 Å². The molecule has 29 heavy (non-hydrogen) atoms. The lowest BCUT2D eigenvalue weighted by molar-refractivity contribution is -0.143. The van der Waals surface area contributed by atoms with Gasteiger partial charge in [0, 0.05) is 12.6 Å². The molecule has 2 aromatic carbocycles. The first-order chi connectivity index (χ1) is 14.0. The van der Waals surface area contributed by atoms with Crippen molar-refractivity contribution in [2.24, 2.45) is 0 Å². The zero-order valence-corrected chi connectivity index (χ0v) is 17.9. The Morgan fingerprint density at radius 1 is 1.00 bits per heavy atom. The van der Waals surface area contributed by atoms with Crippen molar-refractivity contribution in [3.8, 4) is 5.75 Å². The summed E-state index contributed by atoms with van der Waals surface area (Å²) in [6.07, 6.45) is 1.37. The maximum absolute atomic E-state index is 13.1. The summed E-state index contributed by atoms with van der Waals surface area (Å²) < 4.78 is 5.67. The summed E-state index contributed by atoms with van der Waals surface area (Å²) in [4.78, 5) is 27.6. The maximum Gasteiger partial charge on any atom is 0.261 e. The molecule has 0 spiro atoms. The summed E-state index contributed by atoms with van der Waals surface area (Å²) in [7, 11) is 0. The number of ether oxygens (including phenoxy) is 1. The van der Waals surface area contributed by atoms with Crippen molar-refractivity contribution in [2.45, 2.75) is 59.2 Å². The van der Waals surface area contributed by atoms with E-state index in [-0.39, 0.29) is 24.5 Å². The summed E-state index contributed by atoms with van der Waals surface area (Å²) in [6.45, 7) is 8.20. The van der Waals surface area contributed by atoms with Gasteiger partial charge < -0.3 is 15.0 Å². The largest absolute Gasteiger partial charge is 0.484 e. The fourth-order valence-electron chi connectivity index (χ4n) is 3.08. The van der Waals surface area contributed by atoms with Crippen molar-refractivity contribution in [1.82, 2.24) is 10.2 Å². The van der Waals surface area contributed by atoms with Gasteiger partial charge in [-0.25, -0.2) is 0 Å². The molecule has 0 heterocycles. The second kappa shape index (κ2) is 11.2. The minimum Gasteiger partial charge on any atom is -0.484 e. The van der Waals surface area contributed by atoms with Gasteiger partial charge in [-0.2, -0.15) is 0 Å². The number of aryl methyl sites for hydroxylation is 1. The Labute approximate surface area is 174 Å². The van der Waals surface area contributed by atoms with E-state index in [2.05, 4.69) is 5.32 Å². The van der Waals surface area contributed by atoms with Crippen molar-refractivity contribution in [1.29, 1.82) is 0 Å². The lowest BCUT2D eigenvalue weighted by atomic mass is 10.1. The van der Waals surface area contributed by atoms with Crippen molar-refractivity contribution in [3.05, 3.63) is 65.7 Å². The molecule has 0 aliphatic heterocycles. The number of amides is 2. The molecule has 5 nitrogen and oxygen atoms in total. The molecule has 2 rings (SSSR count).